The lowest BCUT2D eigenvalue weighted by Gasteiger charge is -1.92. The predicted molar refractivity (Wildman–Crippen MR) is 40.7 cm³/mol. The van der Waals surface area contributed by atoms with Crippen molar-refractivity contribution < 1.29 is 0 Å². The molecule has 0 amide bonds. The highest BCUT2D eigenvalue weighted by atomic mass is 13.9. The Morgan fingerprint density at radius 2 is 2.11 bits per heavy atom. The van der Waals surface area contributed by atoms with Gasteiger partial charge in [0.25, 0.3) is 0 Å². The summed E-state index contributed by atoms with van der Waals surface area (Å²) in [6.45, 7) is 4.07. The van der Waals surface area contributed by atoms with E-state index in [1.54, 1.807) is 0 Å². The summed E-state index contributed by atoms with van der Waals surface area (Å²) in [6, 6.07) is 0. The average molecular weight is 120 g/mol. The molecule has 0 heteroatoms. The van der Waals surface area contributed by atoms with E-state index in [1.165, 1.54) is 0 Å². The second kappa shape index (κ2) is 5.26. The molecule has 0 aromatic rings. The van der Waals surface area contributed by atoms with Gasteiger partial charge in [-0.15, -0.1) is 12.3 Å². The van der Waals surface area contributed by atoms with Crippen molar-refractivity contribution in [3.63, 3.8) is 0 Å². The van der Waals surface area contributed by atoms with Crippen LogP contribution in [0, 0.1) is 30.1 Å². The minimum atomic E-state index is 0.171. The number of hydrogen-bond acceptors (Lipinski definition) is 0. The van der Waals surface area contributed by atoms with Crippen LogP contribution < -0.4 is 0 Å². The molecule has 48 valence electrons. The van der Waals surface area contributed by atoms with E-state index in [9.17, 15) is 0 Å². The predicted octanol–water partition coefficient (Wildman–Crippen LogP) is 2.06. The molecule has 0 radical (unpaired) electrons. The third-order valence-electron chi connectivity index (χ3n) is 1.06. The molecule has 0 N–H and O–H groups in total. The van der Waals surface area contributed by atoms with Crippen LogP contribution in [-0.2, 0) is 0 Å². The molecule has 0 saturated carbocycles. The molecule has 9 heavy (non-hydrogen) atoms. The number of terminal acetylenes is 1. The molecule has 0 heterocycles. The second-order valence-electron chi connectivity index (χ2n) is 1.80. The van der Waals surface area contributed by atoms with E-state index in [-0.39, 0.29) is 5.92 Å². The molecular formula is C9H12. The van der Waals surface area contributed by atoms with Gasteiger partial charge in [0.2, 0.25) is 0 Å². The molecule has 0 aliphatic carbocycles. The molecular weight excluding hydrogens is 108 g/mol. The molecule has 1 unspecified atom stereocenters. The first-order chi connectivity index (χ1) is 4.35. The van der Waals surface area contributed by atoms with E-state index in [0.29, 0.717) is 0 Å². The lowest BCUT2D eigenvalue weighted by molar-refractivity contribution is 0.826. The van der Waals surface area contributed by atoms with Gasteiger partial charge in [-0.05, 0) is 6.42 Å². The van der Waals surface area contributed by atoms with Crippen molar-refractivity contribution in [3.8, 4) is 24.2 Å². The van der Waals surface area contributed by atoms with E-state index in [4.69, 9.17) is 6.42 Å². The van der Waals surface area contributed by atoms with Gasteiger partial charge in [0.15, 0.2) is 0 Å². The Labute approximate surface area is 57.7 Å². The zero-order valence-corrected chi connectivity index (χ0v) is 6.07. The fourth-order valence-electron chi connectivity index (χ4n) is 0.487. The molecule has 1 atom stereocenters. The van der Waals surface area contributed by atoms with Crippen molar-refractivity contribution >= 4 is 0 Å². The molecule has 0 rings (SSSR count). The molecule has 0 aliphatic heterocycles. The van der Waals surface area contributed by atoms with Crippen LogP contribution in [0.25, 0.3) is 0 Å². The van der Waals surface area contributed by atoms with Crippen LogP contribution in [-0.4, -0.2) is 0 Å². The summed E-state index contributed by atoms with van der Waals surface area (Å²) < 4.78 is 0. The first-order valence-electron chi connectivity index (χ1n) is 3.29. The smallest absolute Gasteiger partial charge is 0.0806 e. The third-order valence-corrected chi connectivity index (χ3v) is 1.06. The van der Waals surface area contributed by atoms with Gasteiger partial charge in [-0.2, -0.15) is 0 Å². The lowest BCUT2D eigenvalue weighted by Crippen LogP contribution is -1.87. The Kier molecular flexibility index (Phi) is 4.75. The van der Waals surface area contributed by atoms with Gasteiger partial charge in [0, 0.05) is 6.42 Å². The first kappa shape index (κ1) is 8.12. The monoisotopic (exact) mass is 120 g/mol. The zero-order chi connectivity index (χ0) is 7.11. The summed E-state index contributed by atoms with van der Waals surface area (Å²) in [5.41, 5.74) is 0. The third kappa shape index (κ3) is 3.68. The standard InChI is InChI=1S/C9H12/c1-4-7-8-9(5-2)6-3/h2,9H,4,6H2,1,3H3. The Bertz CT molecular complexity index is 149. The van der Waals surface area contributed by atoms with Crippen LogP contribution in [0.5, 0.6) is 0 Å². The van der Waals surface area contributed by atoms with E-state index in [0.717, 1.165) is 12.8 Å². The largest absolute Gasteiger partial charge is 0.119 e. The summed E-state index contributed by atoms with van der Waals surface area (Å²) in [5.74, 6) is 8.72. The Morgan fingerprint density at radius 3 is 2.44 bits per heavy atom. The number of rotatable bonds is 1. The summed E-state index contributed by atoms with van der Waals surface area (Å²) in [4.78, 5) is 0. The molecule has 0 nitrogen and oxygen atoms in total. The van der Waals surface area contributed by atoms with Gasteiger partial charge >= 0.3 is 0 Å². The van der Waals surface area contributed by atoms with Crippen molar-refractivity contribution in [2.75, 3.05) is 0 Å². The Morgan fingerprint density at radius 1 is 1.44 bits per heavy atom. The van der Waals surface area contributed by atoms with Gasteiger partial charge < -0.3 is 0 Å². The fraction of sp³-hybridized carbons (Fsp3) is 0.556. The normalized spacial score (nSPS) is 10.8. The first-order valence-corrected chi connectivity index (χ1v) is 3.29. The SMILES string of the molecule is C#CC(C#CCC)CC. The van der Waals surface area contributed by atoms with Crippen LogP contribution in [0.2, 0.25) is 0 Å². The van der Waals surface area contributed by atoms with Crippen LogP contribution >= 0.6 is 0 Å². The van der Waals surface area contributed by atoms with Gasteiger partial charge in [-0.3, -0.25) is 0 Å². The Hall–Kier alpha value is -0.880. The Balaban J connectivity index is 3.72. The quantitative estimate of drug-likeness (QED) is 0.465. The molecule has 0 aromatic heterocycles. The van der Waals surface area contributed by atoms with E-state index >= 15 is 0 Å². The highest BCUT2D eigenvalue weighted by Crippen LogP contribution is 1.96. The molecule has 0 spiro atoms. The van der Waals surface area contributed by atoms with Crippen molar-refractivity contribution in [3.05, 3.63) is 0 Å². The minimum absolute atomic E-state index is 0.171. The molecule has 0 fully saturated rings. The maximum Gasteiger partial charge on any atom is 0.0806 e. The number of hydrogen-bond donors (Lipinski definition) is 0. The van der Waals surface area contributed by atoms with Crippen LogP contribution in [0.1, 0.15) is 26.7 Å². The molecule has 0 saturated heterocycles. The van der Waals surface area contributed by atoms with Crippen molar-refractivity contribution in [1.29, 1.82) is 0 Å². The molecule has 0 aliphatic rings. The van der Waals surface area contributed by atoms with Crippen LogP contribution in [0.15, 0.2) is 0 Å². The maximum atomic E-state index is 5.17. The highest BCUT2D eigenvalue weighted by Gasteiger charge is 1.91. The molecule has 0 bridgehead atoms. The summed E-state index contributed by atoms with van der Waals surface area (Å²) in [7, 11) is 0. The van der Waals surface area contributed by atoms with Gasteiger partial charge in [-0.1, -0.05) is 25.7 Å². The second-order valence-corrected chi connectivity index (χ2v) is 1.80. The van der Waals surface area contributed by atoms with Crippen molar-refractivity contribution in [1.82, 2.24) is 0 Å². The topological polar surface area (TPSA) is 0 Å². The van der Waals surface area contributed by atoms with E-state index in [2.05, 4.69) is 24.7 Å². The molecule has 0 aromatic carbocycles. The zero-order valence-electron chi connectivity index (χ0n) is 6.07. The summed E-state index contributed by atoms with van der Waals surface area (Å²) in [5, 5.41) is 0. The maximum absolute atomic E-state index is 5.17. The van der Waals surface area contributed by atoms with Gasteiger partial charge in [-0.25, -0.2) is 0 Å². The highest BCUT2D eigenvalue weighted by molar-refractivity contribution is 5.13. The van der Waals surface area contributed by atoms with Gasteiger partial charge in [0.1, 0.15) is 0 Å². The van der Waals surface area contributed by atoms with E-state index < -0.39 is 0 Å². The van der Waals surface area contributed by atoms with Crippen molar-refractivity contribution in [2.24, 2.45) is 5.92 Å². The van der Waals surface area contributed by atoms with Gasteiger partial charge in [0.05, 0.1) is 5.92 Å². The van der Waals surface area contributed by atoms with Crippen LogP contribution in [0.3, 0.4) is 0 Å². The van der Waals surface area contributed by atoms with Crippen molar-refractivity contribution in [2.45, 2.75) is 26.7 Å². The average Bonchev–Trinajstić information content (AvgIpc) is 1.91. The summed E-state index contributed by atoms with van der Waals surface area (Å²) in [6.07, 6.45) is 7.03. The summed E-state index contributed by atoms with van der Waals surface area (Å²) >= 11 is 0. The fourth-order valence-corrected chi connectivity index (χ4v) is 0.487. The van der Waals surface area contributed by atoms with E-state index in [1.807, 2.05) is 6.92 Å². The minimum Gasteiger partial charge on any atom is -0.119 e. The van der Waals surface area contributed by atoms with Crippen LogP contribution in [0.4, 0.5) is 0 Å². The lowest BCUT2D eigenvalue weighted by atomic mass is 10.1.